The van der Waals surface area contributed by atoms with E-state index in [9.17, 15) is 14.9 Å². The average Bonchev–Trinajstić information content (AvgIpc) is 3.02. The van der Waals surface area contributed by atoms with Crippen molar-refractivity contribution < 1.29 is 23.6 Å². The van der Waals surface area contributed by atoms with Gasteiger partial charge in [-0.2, -0.15) is 0 Å². The van der Waals surface area contributed by atoms with Crippen LogP contribution in [0.15, 0.2) is 34.7 Å². The number of nitrogens with zero attached hydrogens (tertiary/aromatic N) is 1. The first-order chi connectivity index (χ1) is 10.5. The second-order valence-corrected chi connectivity index (χ2v) is 4.27. The van der Waals surface area contributed by atoms with Gasteiger partial charge in [0.1, 0.15) is 4.92 Å². The predicted molar refractivity (Wildman–Crippen MR) is 76.1 cm³/mol. The third kappa shape index (κ3) is 3.35. The van der Waals surface area contributed by atoms with Crippen molar-refractivity contribution in [3.8, 4) is 11.5 Å². The van der Waals surface area contributed by atoms with E-state index >= 15 is 0 Å². The van der Waals surface area contributed by atoms with Crippen molar-refractivity contribution in [2.45, 2.75) is 6.54 Å². The van der Waals surface area contributed by atoms with Crippen LogP contribution >= 0.6 is 0 Å². The number of methoxy groups -OCH3 is 2. The van der Waals surface area contributed by atoms with Crippen LogP contribution in [0.4, 0.5) is 5.88 Å². The average molecular weight is 306 g/mol. The maximum Gasteiger partial charge on any atom is 0.433 e. The lowest BCUT2D eigenvalue weighted by Crippen LogP contribution is -2.22. The van der Waals surface area contributed by atoms with Gasteiger partial charge in [-0.25, -0.2) is 0 Å². The number of nitro groups is 1. The second-order valence-electron chi connectivity index (χ2n) is 4.27. The second kappa shape index (κ2) is 6.61. The first-order valence-corrected chi connectivity index (χ1v) is 6.28. The number of rotatable bonds is 6. The van der Waals surface area contributed by atoms with Gasteiger partial charge in [0.05, 0.1) is 20.3 Å². The van der Waals surface area contributed by atoms with E-state index in [1.54, 1.807) is 18.2 Å². The van der Waals surface area contributed by atoms with Gasteiger partial charge in [-0.1, -0.05) is 6.07 Å². The lowest BCUT2D eigenvalue weighted by atomic mass is 10.2. The number of ether oxygens (including phenoxy) is 2. The van der Waals surface area contributed by atoms with E-state index in [4.69, 9.17) is 13.9 Å². The molecule has 1 N–H and O–H groups in total. The molecule has 0 fully saturated rings. The molecule has 8 nitrogen and oxygen atoms in total. The molecule has 0 saturated heterocycles. The molecule has 0 aliphatic rings. The molecular formula is C14H14N2O6. The Bertz CT molecular complexity index is 694. The smallest absolute Gasteiger partial charge is 0.433 e. The quantitative estimate of drug-likeness (QED) is 0.647. The predicted octanol–water partition coefficient (Wildman–Crippen LogP) is 2.13. The molecule has 2 rings (SSSR count). The van der Waals surface area contributed by atoms with Crippen LogP contribution in [-0.2, 0) is 6.54 Å². The Labute approximate surface area is 125 Å². The number of hydrogen-bond acceptors (Lipinski definition) is 6. The first kappa shape index (κ1) is 15.4. The summed E-state index contributed by atoms with van der Waals surface area (Å²) in [6.07, 6.45) is 0. The molecule has 1 amide bonds. The van der Waals surface area contributed by atoms with E-state index in [2.05, 4.69) is 5.32 Å². The van der Waals surface area contributed by atoms with Gasteiger partial charge in [0.2, 0.25) is 0 Å². The van der Waals surface area contributed by atoms with E-state index in [-0.39, 0.29) is 12.3 Å². The molecule has 0 aliphatic carbocycles. The summed E-state index contributed by atoms with van der Waals surface area (Å²) in [5, 5.41) is 13.1. The van der Waals surface area contributed by atoms with Crippen LogP contribution in [0.2, 0.25) is 0 Å². The maximum absolute atomic E-state index is 11.8. The van der Waals surface area contributed by atoms with Gasteiger partial charge < -0.3 is 19.2 Å². The molecule has 22 heavy (non-hydrogen) atoms. The lowest BCUT2D eigenvalue weighted by Gasteiger charge is -2.09. The van der Waals surface area contributed by atoms with Crippen molar-refractivity contribution in [2.24, 2.45) is 0 Å². The highest BCUT2D eigenvalue weighted by Crippen LogP contribution is 2.27. The number of carbonyl (C=O) groups excluding carboxylic acids is 1. The Morgan fingerprint density at radius 2 is 1.95 bits per heavy atom. The van der Waals surface area contributed by atoms with Crippen molar-refractivity contribution in [1.29, 1.82) is 0 Å². The van der Waals surface area contributed by atoms with Crippen molar-refractivity contribution in [3.05, 3.63) is 51.8 Å². The van der Waals surface area contributed by atoms with E-state index in [0.29, 0.717) is 11.5 Å². The largest absolute Gasteiger partial charge is 0.493 e. The number of furan rings is 1. The molecular weight excluding hydrogens is 292 g/mol. The van der Waals surface area contributed by atoms with Crippen molar-refractivity contribution in [3.63, 3.8) is 0 Å². The number of nitrogens with one attached hydrogen (secondary N) is 1. The van der Waals surface area contributed by atoms with Crippen LogP contribution in [0.3, 0.4) is 0 Å². The summed E-state index contributed by atoms with van der Waals surface area (Å²) in [5.74, 6) is -0.00607. The minimum atomic E-state index is -0.703. The van der Waals surface area contributed by atoms with Crippen LogP contribution in [-0.4, -0.2) is 25.1 Å². The van der Waals surface area contributed by atoms with Crippen LogP contribution in [0, 0.1) is 10.1 Å². The number of amides is 1. The summed E-state index contributed by atoms with van der Waals surface area (Å²) >= 11 is 0. The topological polar surface area (TPSA) is 104 Å². The van der Waals surface area contributed by atoms with Crippen molar-refractivity contribution in [1.82, 2.24) is 5.32 Å². The van der Waals surface area contributed by atoms with Crippen molar-refractivity contribution in [2.75, 3.05) is 14.2 Å². The van der Waals surface area contributed by atoms with Crippen LogP contribution in [0.25, 0.3) is 0 Å². The Balaban J connectivity index is 2.02. The SMILES string of the molecule is COc1ccc(CNC(=O)c2ccc([N+](=O)[O-])o2)cc1OC. The maximum atomic E-state index is 11.8. The fourth-order valence-corrected chi connectivity index (χ4v) is 1.81. The Morgan fingerprint density at radius 3 is 2.55 bits per heavy atom. The molecule has 0 saturated carbocycles. The third-order valence-corrected chi connectivity index (χ3v) is 2.90. The molecule has 0 aliphatic heterocycles. The zero-order valence-corrected chi connectivity index (χ0v) is 12.0. The fraction of sp³-hybridized carbons (Fsp3) is 0.214. The molecule has 8 heteroatoms. The number of benzene rings is 1. The van der Waals surface area contributed by atoms with Gasteiger partial charge >= 0.3 is 5.88 Å². The van der Waals surface area contributed by atoms with Gasteiger partial charge in [-0.15, -0.1) is 0 Å². The Kier molecular flexibility index (Phi) is 4.62. The van der Waals surface area contributed by atoms with E-state index in [1.165, 1.54) is 20.3 Å². The normalized spacial score (nSPS) is 10.1. The molecule has 0 atom stereocenters. The van der Waals surface area contributed by atoms with Crippen molar-refractivity contribution >= 4 is 11.8 Å². The molecule has 0 unspecified atom stereocenters. The summed E-state index contributed by atoms with van der Waals surface area (Å²) in [6, 6.07) is 7.60. The third-order valence-electron chi connectivity index (χ3n) is 2.90. The first-order valence-electron chi connectivity index (χ1n) is 6.28. The van der Waals surface area contributed by atoms with E-state index in [0.717, 1.165) is 11.6 Å². The molecule has 1 heterocycles. The summed E-state index contributed by atoms with van der Waals surface area (Å²) in [4.78, 5) is 21.6. The molecule has 1 aromatic heterocycles. The summed E-state index contributed by atoms with van der Waals surface area (Å²) in [5.41, 5.74) is 0.784. The Hall–Kier alpha value is -3.03. The molecule has 0 radical (unpaired) electrons. The highest BCUT2D eigenvalue weighted by Gasteiger charge is 2.17. The fourth-order valence-electron chi connectivity index (χ4n) is 1.81. The van der Waals surface area contributed by atoms with Gasteiger partial charge in [0, 0.05) is 6.54 Å². The van der Waals surface area contributed by atoms with E-state index < -0.39 is 16.7 Å². The summed E-state index contributed by atoms with van der Waals surface area (Å²) in [6.45, 7) is 0.216. The number of hydrogen-bond donors (Lipinski definition) is 1. The van der Waals surface area contributed by atoms with Gasteiger partial charge in [0.15, 0.2) is 17.3 Å². The summed E-state index contributed by atoms with van der Waals surface area (Å²) in [7, 11) is 3.05. The molecule has 0 bridgehead atoms. The van der Waals surface area contributed by atoms with Crippen LogP contribution < -0.4 is 14.8 Å². The molecule has 0 spiro atoms. The zero-order valence-electron chi connectivity index (χ0n) is 12.0. The summed E-state index contributed by atoms with van der Waals surface area (Å²) < 4.78 is 15.1. The standard InChI is InChI=1S/C14H14N2O6/c1-20-10-4-3-9(7-12(10)21-2)8-15-14(17)11-5-6-13(22-11)16(18)19/h3-7H,8H2,1-2H3,(H,15,17). The molecule has 2 aromatic rings. The number of carbonyl (C=O) groups is 1. The van der Waals surface area contributed by atoms with E-state index in [1.807, 2.05) is 0 Å². The molecule has 1 aromatic carbocycles. The highest BCUT2D eigenvalue weighted by atomic mass is 16.6. The zero-order chi connectivity index (χ0) is 16.1. The van der Waals surface area contributed by atoms with Gasteiger partial charge in [0.25, 0.3) is 5.91 Å². The van der Waals surface area contributed by atoms with Crippen LogP contribution in [0.1, 0.15) is 16.1 Å². The molecule has 116 valence electrons. The Morgan fingerprint density at radius 1 is 1.23 bits per heavy atom. The monoisotopic (exact) mass is 306 g/mol. The lowest BCUT2D eigenvalue weighted by molar-refractivity contribution is -0.402. The van der Waals surface area contributed by atoms with Crippen LogP contribution in [0.5, 0.6) is 11.5 Å². The minimum absolute atomic E-state index is 0.118. The highest BCUT2D eigenvalue weighted by molar-refractivity contribution is 5.91. The van der Waals surface area contributed by atoms with Gasteiger partial charge in [-0.05, 0) is 23.8 Å². The minimum Gasteiger partial charge on any atom is -0.493 e. The van der Waals surface area contributed by atoms with Gasteiger partial charge in [-0.3, -0.25) is 14.9 Å².